The zero-order valence-electron chi connectivity index (χ0n) is 23.6. The van der Waals surface area contributed by atoms with E-state index in [1.165, 1.54) is 11.1 Å². The molecule has 37 heavy (non-hydrogen) atoms. The Morgan fingerprint density at radius 2 is 1.32 bits per heavy atom. The highest BCUT2D eigenvalue weighted by Gasteiger charge is 2.41. The monoisotopic (exact) mass is 576 g/mol. The molecule has 4 bridgehead atoms. The summed E-state index contributed by atoms with van der Waals surface area (Å²) in [6.07, 6.45) is 6.08. The van der Waals surface area contributed by atoms with Gasteiger partial charge in [-0.25, -0.2) is 0 Å². The summed E-state index contributed by atoms with van der Waals surface area (Å²) in [7, 11) is -9.05. The van der Waals surface area contributed by atoms with Gasteiger partial charge >= 0.3 is 17.8 Å². The van der Waals surface area contributed by atoms with Crippen molar-refractivity contribution in [1.29, 1.82) is 0 Å². The first kappa shape index (κ1) is 30.5. The number of ether oxygens (including phenoxy) is 1. The Bertz CT molecular complexity index is 954. The Morgan fingerprint density at radius 3 is 1.84 bits per heavy atom. The molecule has 0 saturated heterocycles. The second-order valence-electron chi connectivity index (χ2n) is 11.6. The molecule has 3 aliphatic heterocycles. The molecular formula is C28H48O5Si4. The zero-order valence-corrected chi connectivity index (χ0v) is 27.7. The summed E-state index contributed by atoms with van der Waals surface area (Å²) in [5, 5.41) is 0. The third-order valence-electron chi connectivity index (χ3n) is 7.44. The molecule has 0 spiro atoms. The van der Waals surface area contributed by atoms with Gasteiger partial charge < -0.3 is 22.6 Å². The van der Waals surface area contributed by atoms with Crippen LogP contribution in [0.4, 0.5) is 0 Å². The van der Waals surface area contributed by atoms with E-state index in [1.807, 2.05) is 18.7 Å². The molecule has 0 amide bonds. The largest absolute Gasteiger partial charge is 0.457 e. The van der Waals surface area contributed by atoms with Gasteiger partial charge in [0.25, 0.3) is 0 Å². The van der Waals surface area contributed by atoms with E-state index in [-0.39, 0.29) is 0 Å². The van der Waals surface area contributed by atoms with Crippen LogP contribution < -0.4 is 4.74 Å². The van der Waals surface area contributed by atoms with E-state index in [2.05, 4.69) is 63.0 Å². The maximum atomic E-state index is 11.2. The van der Waals surface area contributed by atoms with Crippen molar-refractivity contribution < 1.29 is 22.6 Å². The van der Waals surface area contributed by atoms with Gasteiger partial charge in [-0.15, -0.1) is 0 Å². The van der Waals surface area contributed by atoms with E-state index in [1.54, 1.807) is 0 Å². The van der Waals surface area contributed by atoms with Crippen LogP contribution in [-0.2, 0) is 21.1 Å². The number of hydrogen-bond acceptors (Lipinski definition) is 5. The minimum absolute atomic E-state index is 0.850. The lowest BCUT2D eigenvalue weighted by Crippen LogP contribution is -2.52. The predicted molar refractivity (Wildman–Crippen MR) is 163 cm³/mol. The average molecular weight is 577 g/mol. The molecule has 206 valence electrons. The van der Waals surface area contributed by atoms with Crippen molar-refractivity contribution in [3.63, 3.8) is 0 Å². The van der Waals surface area contributed by atoms with Gasteiger partial charge in [-0.2, -0.15) is 0 Å². The third-order valence-corrected chi connectivity index (χ3v) is 21.6. The highest BCUT2D eigenvalue weighted by molar-refractivity contribution is 6.85. The van der Waals surface area contributed by atoms with E-state index in [0.29, 0.717) is 0 Å². The molecule has 0 aliphatic carbocycles. The minimum atomic E-state index is -2.53. The fourth-order valence-electron chi connectivity index (χ4n) is 5.61. The van der Waals surface area contributed by atoms with Crippen molar-refractivity contribution in [3.05, 3.63) is 59.7 Å². The zero-order chi connectivity index (χ0) is 26.9. The van der Waals surface area contributed by atoms with Gasteiger partial charge in [0.05, 0.1) is 0 Å². The molecule has 5 nitrogen and oxygen atoms in total. The Labute approximate surface area is 229 Å². The first-order chi connectivity index (χ1) is 17.5. The van der Waals surface area contributed by atoms with Crippen molar-refractivity contribution >= 4 is 34.5 Å². The van der Waals surface area contributed by atoms with Crippen LogP contribution in [0.2, 0.25) is 56.4 Å². The first-order valence-electron chi connectivity index (χ1n) is 14.1. The third kappa shape index (κ3) is 10.6. The molecule has 9 heteroatoms. The van der Waals surface area contributed by atoms with Crippen molar-refractivity contribution in [2.45, 2.75) is 102 Å². The van der Waals surface area contributed by atoms with E-state index in [4.69, 9.17) is 13.0 Å². The second kappa shape index (κ2) is 13.8. The number of fused-ring (bicyclic) bond motifs is 2. The van der Waals surface area contributed by atoms with Gasteiger partial charge in [0, 0.05) is 0 Å². The maximum Gasteiger partial charge on any atom is 0.315 e. The number of aryl methyl sites for hydroxylation is 2. The maximum absolute atomic E-state index is 11.2. The van der Waals surface area contributed by atoms with E-state index in [9.17, 15) is 9.59 Å². The van der Waals surface area contributed by atoms with Gasteiger partial charge in [-0.05, 0) is 117 Å². The van der Waals surface area contributed by atoms with Crippen molar-refractivity contribution in [2.24, 2.45) is 0 Å². The Morgan fingerprint density at radius 1 is 0.811 bits per heavy atom. The van der Waals surface area contributed by atoms with Gasteiger partial charge in [-0.1, -0.05) is 44.0 Å². The van der Waals surface area contributed by atoms with Crippen LogP contribution >= 0.6 is 0 Å². The summed E-state index contributed by atoms with van der Waals surface area (Å²) in [4.78, 5) is 21.5. The van der Waals surface area contributed by atoms with Crippen LogP contribution in [0.25, 0.3) is 0 Å². The van der Waals surface area contributed by atoms with Crippen LogP contribution in [0.15, 0.2) is 48.5 Å². The van der Waals surface area contributed by atoms with E-state index in [0.717, 1.165) is 80.2 Å². The molecule has 3 heterocycles. The van der Waals surface area contributed by atoms with Gasteiger partial charge in [0.15, 0.2) is 16.6 Å². The van der Waals surface area contributed by atoms with Gasteiger partial charge in [0.2, 0.25) is 0 Å². The first-order valence-corrected chi connectivity index (χ1v) is 24.5. The minimum Gasteiger partial charge on any atom is -0.457 e. The smallest absolute Gasteiger partial charge is 0.315 e. The summed E-state index contributed by atoms with van der Waals surface area (Å²) < 4.78 is 19.4. The molecule has 2 N–H and O–H groups in total. The molecule has 4 unspecified atom stereocenters. The Kier molecular flexibility index (Phi) is 11.4. The second-order valence-corrected chi connectivity index (χ2v) is 25.2. The molecule has 2 aromatic carbocycles. The van der Waals surface area contributed by atoms with Gasteiger partial charge in [-0.3, -0.25) is 0 Å². The summed E-state index contributed by atoms with van der Waals surface area (Å²) in [6, 6.07) is 21.6. The fraction of sp³-hybridized carbons (Fsp3) is 0.571. The molecule has 2 aromatic rings. The summed E-state index contributed by atoms with van der Waals surface area (Å²) >= 11 is 0. The fourth-order valence-corrected chi connectivity index (χ4v) is 20.5. The molecule has 0 fully saturated rings. The summed E-state index contributed by atoms with van der Waals surface area (Å²) in [5.41, 5.74) is 2.59. The van der Waals surface area contributed by atoms with Crippen molar-refractivity contribution in [3.8, 4) is 11.5 Å². The summed E-state index contributed by atoms with van der Waals surface area (Å²) in [6.45, 7) is 10.7. The lowest BCUT2D eigenvalue weighted by Gasteiger charge is -2.39. The van der Waals surface area contributed by atoms with Crippen LogP contribution in [-0.4, -0.2) is 44.1 Å². The highest BCUT2D eigenvalue weighted by atomic mass is 28.5. The van der Waals surface area contributed by atoms with Crippen molar-refractivity contribution in [1.82, 2.24) is 0 Å². The lowest BCUT2D eigenvalue weighted by atomic mass is 10.1. The van der Waals surface area contributed by atoms with Crippen molar-refractivity contribution in [2.75, 3.05) is 0 Å². The molecule has 3 aliphatic rings. The Balaban J connectivity index is 1.80. The van der Waals surface area contributed by atoms with Crippen LogP contribution in [0.3, 0.4) is 0 Å². The lowest BCUT2D eigenvalue weighted by molar-refractivity contribution is 0.334. The topological polar surface area (TPSA) is 68.2 Å². The normalized spacial score (nSPS) is 29.2. The van der Waals surface area contributed by atoms with Crippen LogP contribution in [0.1, 0.15) is 43.7 Å². The predicted octanol–water partition coefficient (Wildman–Crippen LogP) is 7.25. The molecule has 0 radical (unpaired) electrons. The Hall–Kier alpha value is -1.05. The summed E-state index contributed by atoms with van der Waals surface area (Å²) in [5.74, 6) is 1.71. The molecule has 0 aromatic heterocycles. The SMILES string of the molecule is CCC[Si]1(C)CCCc2ccc(cc2)Oc2ccc(cc2)CCC[Si](C)(O)CCC[Si](C)(O[SiH](C)O)O1. The number of hydrogen-bond donors (Lipinski definition) is 2. The van der Waals surface area contributed by atoms with E-state index >= 15 is 0 Å². The van der Waals surface area contributed by atoms with Crippen LogP contribution in [0, 0.1) is 0 Å². The molecular weight excluding hydrogens is 529 g/mol. The molecule has 0 saturated carbocycles. The highest BCUT2D eigenvalue weighted by Crippen LogP contribution is 2.32. The molecule has 4 atom stereocenters. The quantitative estimate of drug-likeness (QED) is 0.375. The van der Waals surface area contributed by atoms with E-state index < -0.39 is 34.5 Å². The standard InChI is InChI=1S/C28H48O5Si4/c1-6-20-36(4)23-8-11-26-14-18-28(19-15-26)31-27-16-12-25(13-17-27)10-7-21-35(3,30)22-9-24-37(5,33-36)32-34(2)29/h12-19,29-30,34H,6-11,20-24H2,1-5H3. The van der Waals surface area contributed by atoms with Crippen LogP contribution in [0.5, 0.6) is 11.5 Å². The number of benzene rings is 2. The van der Waals surface area contributed by atoms with Gasteiger partial charge in [0.1, 0.15) is 11.5 Å². The average Bonchev–Trinajstić information content (AvgIpc) is 2.80. The number of rotatable bonds is 4. The molecule has 5 rings (SSSR count).